The lowest BCUT2D eigenvalue weighted by atomic mass is 9.98. The summed E-state index contributed by atoms with van der Waals surface area (Å²) in [5, 5.41) is 0. The molecule has 4 nitrogen and oxygen atoms in total. The number of furan rings is 1. The molecule has 3 rings (SSSR count). The van der Waals surface area contributed by atoms with Crippen LogP contribution in [0.15, 0.2) is 53.2 Å². The monoisotopic (exact) mass is 259 g/mol. The van der Waals surface area contributed by atoms with Crippen LogP contribution in [0.3, 0.4) is 0 Å². The SMILES string of the molecule is NC1=C(c2cccc(F)c2)C(=O)C(c2ccoc2)O1. The Balaban J connectivity index is 1.99. The number of rotatable bonds is 2. The summed E-state index contributed by atoms with van der Waals surface area (Å²) in [4.78, 5) is 12.3. The molecule has 2 heterocycles. The summed E-state index contributed by atoms with van der Waals surface area (Å²) in [5.74, 6) is -0.733. The van der Waals surface area contributed by atoms with Gasteiger partial charge in [-0.2, -0.15) is 0 Å². The van der Waals surface area contributed by atoms with Gasteiger partial charge < -0.3 is 14.9 Å². The van der Waals surface area contributed by atoms with Crippen molar-refractivity contribution < 1.29 is 18.3 Å². The highest BCUT2D eigenvalue weighted by atomic mass is 19.1. The van der Waals surface area contributed by atoms with E-state index in [0.717, 1.165) is 0 Å². The van der Waals surface area contributed by atoms with Crippen molar-refractivity contribution in [1.82, 2.24) is 0 Å². The van der Waals surface area contributed by atoms with E-state index < -0.39 is 11.9 Å². The summed E-state index contributed by atoms with van der Waals surface area (Å²) in [6.45, 7) is 0. The number of carbonyl (C=O) groups excluding carboxylic acids is 1. The van der Waals surface area contributed by atoms with Crippen LogP contribution in [0.1, 0.15) is 17.2 Å². The number of ether oxygens (including phenoxy) is 1. The number of hydrogen-bond acceptors (Lipinski definition) is 4. The van der Waals surface area contributed by atoms with Crippen molar-refractivity contribution in [1.29, 1.82) is 0 Å². The van der Waals surface area contributed by atoms with E-state index >= 15 is 0 Å². The summed E-state index contributed by atoms with van der Waals surface area (Å²) in [6, 6.07) is 7.31. The van der Waals surface area contributed by atoms with Gasteiger partial charge in [-0.05, 0) is 23.8 Å². The fourth-order valence-electron chi connectivity index (χ4n) is 2.06. The topological polar surface area (TPSA) is 65.5 Å². The molecular weight excluding hydrogens is 249 g/mol. The average Bonchev–Trinajstić information content (AvgIpc) is 2.97. The molecule has 1 aliphatic heterocycles. The highest BCUT2D eigenvalue weighted by Crippen LogP contribution is 2.36. The molecule has 0 bridgehead atoms. The highest BCUT2D eigenvalue weighted by molar-refractivity contribution is 6.25. The van der Waals surface area contributed by atoms with Gasteiger partial charge in [0.2, 0.25) is 5.78 Å². The highest BCUT2D eigenvalue weighted by Gasteiger charge is 2.36. The minimum atomic E-state index is -0.822. The van der Waals surface area contributed by atoms with Crippen molar-refractivity contribution in [2.45, 2.75) is 6.10 Å². The molecule has 1 aromatic heterocycles. The van der Waals surface area contributed by atoms with Crippen LogP contribution < -0.4 is 5.73 Å². The number of halogens is 1. The molecule has 1 aliphatic rings. The standard InChI is InChI=1S/C14H10FNO3/c15-10-3-1-2-8(6-10)11-12(17)13(19-14(11)16)9-4-5-18-7-9/h1-7,13H,16H2. The molecule has 0 spiro atoms. The van der Waals surface area contributed by atoms with Crippen LogP contribution in [0.25, 0.3) is 5.57 Å². The summed E-state index contributed by atoms with van der Waals surface area (Å²) >= 11 is 0. The van der Waals surface area contributed by atoms with Crippen LogP contribution in [0.2, 0.25) is 0 Å². The smallest absolute Gasteiger partial charge is 0.214 e. The lowest BCUT2D eigenvalue weighted by Gasteiger charge is -2.06. The first-order valence-corrected chi connectivity index (χ1v) is 5.65. The van der Waals surface area contributed by atoms with Crippen molar-refractivity contribution in [2.24, 2.45) is 5.73 Å². The van der Waals surface area contributed by atoms with Crippen LogP contribution in [0.4, 0.5) is 4.39 Å². The van der Waals surface area contributed by atoms with E-state index in [9.17, 15) is 9.18 Å². The lowest BCUT2D eigenvalue weighted by molar-refractivity contribution is -0.120. The zero-order valence-electron chi connectivity index (χ0n) is 9.80. The number of carbonyl (C=O) groups is 1. The van der Waals surface area contributed by atoms with Gasteiger partial charge >= 0.3 is 0 Å². The van der Waals surface area contributed by atoms with Gasteiger partial charge in [-0.15, -0.1) is 0 Å². The second-order valence-corrected chi connectivity index (χ2v) is 4.17. The Labute approximate surface area is 108 Å². The fraction of sp³-hybridized carbons (Fsp3) is 0.0714. The first kappa shape index (κ1) is 11.5. The molecule has 96 valence electrons. The lowest BCUT2D eigenvalue weighted by Crippen LogP contribution is -2.08. The van der Waals surface area contributed by atoms with Gasteiger partial charge in [0.15, 0.2) is 12.0 Å². The van der Waals surface area contributed by atoms with Crippen LogP contribution in [0.5, 0.6) is 0 Å². The Morgan fingerprint density at radius 1 is 1.26 bits per heavy atom. The van der Waals surface area contributed by atoms with Crippen molar-refractivity contribution in [3.63, 3.8) is 0 Å². The van der Waals surface area contributed by atoms with Gasteiger partial charge in [0.1, 0.15) is 5.82 Å². The maximum Gasteiger partial charge on any atom is 0.214 e. The number of hydrogen-bond donors (Lipinski definition) is 1. The van der Waals surface area contributed by atoms with Gasteiger partial charge in [0.05, 0.1) is 18.1 Å². The maximum atomic E-state index is 13.2. The first-order valence-electron chi connectivity index (χ1n) is 5.65. The molecule has 0 amide bonds. The predicted molar refractivity (Wildman–Crippen MR) is 65.0 cm³/mol. The quantitative estimate of drug-likeness (QED) is 0.899. The van der Waals surface area contributed by atoms with Crippen LogP contribution >= 0.6 is 0 Å². The third-order valence-electron chi connectivity index (χ3n) is 2.93. The Morgan fingerprint density at radius 2 is 2.11 bits per heavy atom. The third kappa shape index (κ3) is 1.89. The van der Waals surface area contributed by atoms with Gasteiger partial charge in [-0.3, -0.25) is 4.79 Å². The van der Waals surface area contributed by atoms with Crippen molar-refractivity contribution in [3.8, 4) is 0 Å². The Bertz CT molecular complexity index is 661. The molecule has 0 fully saturated rings. The molecule has 19 heavy (non-hydrogen) atoms. The van der Waals surface area contributed by atoms with Crippen LogP contribution in [-0.4, -0.2) is 5.78 Å². The third-order valence-corrected chi connectivity index (χ3v) is 2.93. The van der Waals surface area contributed by atoms with Gasteiger partial charge in [-0.1, -0.05) is 12.1 Å². The summed E-state index contributed by atoms with van der Waals surface area (Å²) < 4.78 is 23.5. The average molecular weight is 259 g/mol. The second kappa shape index (κ2) is 4.28. The van der Waals surface area contributed by atoms with E-state index in [1.807, 2.05) is 0 Å². The molecule has 0 saturated heterocycles. The van der Waals surface area contributed by atoms with E-state index in [1.165, 1.54) is 30.7 Å². The molecule has 1 unspecified atom stereocenters. The molecule has 0 radical (unpaired) electrons. The summed E-state index contributed by atoms with van der Waals surface area (Å²) in [7, 11) is 0. The molecule has 0 saturated carbocycles. The van der Waals surface area contributed by atoms with Crippen molar-refractivity contribution in [3.05, 3.63) is 65.7 Å². The number of benzene rings is 1. The van der Waals surface area contributed by atoms with Crippen molar-refractivity contribution >= 4 is 11.4 Å². The van der Waals surface area contributed by atoms with Gasteiger partial charge in [0.25, 0.3) is 0 Å². The fourth-order valence-corrected chi connectivity index (χ4v) is 2.06. The first-order chi connectivity index (χ1) is 9.16. The molecule has 2 N–H and O–H groups in total. The van der Waals surface area contributed by atoms with Gasteiger partial charge in [0, 0.05) is 5.56 Å². The molecule has 0 aliphatic carbocycles. The molecule has 1 aromatic carbocycles. The van der Waals surface area contributed by atoms with E-state index in [0.29, 0.717) is 11.1 Å². The second-order valence-electron chi connectivity index (χ2n) is 4.17. The zero-order chi connectivity index (χ0) is 13.4. The molecule has 2 aromatic rings. The summed E-state index contributed by atoms with van der Waals surface area (Å²) in [6.07, 6.45) is 2.05. The molecular formula is C14H10FNO3. The van der Waals surface area contributed by atoms with E-state index in [1.54, 1.807) is 12.1 Å². The van der Waals surface area contributed by atoms with Gasteiger partial charge in [-0.25, -0.2) is 4.39 Å². The Kier molecular flexibility index (Phi) is 2.59. The normalized spacial score (nSPS) is 18.8. The van der Waals surface area contributed by atoms with E-state index in [2.05, 4.69) is 0 Å². The Hall–Kier alpha value is -2.56. The largest absolute Gasteiger partial charge is 0.472 e. The van der Waals surface area contributed by atoms with Crippen LogP contribution in [-0.2, 0) is 9.53 Å². The minimum absolute atomic E-state index is 0.00167. The molecule has 5 heteroatoms. The van der Waals surface area contributed by atoms with E-state index in [-0.39, 0.29) is 17.2 Å². The van der Waals surface area contributed by atoms with Crippen LogP contribution in [0, 0.1) is 5.82 Å². The number of Topliss-reactive ketones (excluding diaryl/α,β-unsaturated/α-hetero) is 1. The predicted octanol–water partition coefficient (Wildman–Crippen LogP) is 2.39. The summed E-state index contributed by atoms with van der Waals surface area (Å²) in [5.41, 5.74) is 6.92. The van der Waals surface area contributed by atoms with E-state index in [4.69, 9.17) is 14.9 Å². The minimum Gasteiger partial charge on any atom is -0.472 e. The maximum absolute atomic E-state index is 13.2. The zero-order valence-corrected chi connectivity index (χ0v) is 9.80. The van der Waals surface area contributed by atoms with Crippen molar-refractivity contribution in [2.75, 3.05) is 0 Å². The molecule has 1 atom stereocenters. The Morgan fingerprint density at radius 3 is 2.79 bits per heavy atom. The number of ketones is 1. The number of nitrogens with two attached hydrogens (primary N) is 1.